The van der Waals surface area contributed by atoms with Crippen LogP contribution in [-0.4, -0.2) is 28.4 Å². The number of rotatable bonds is 2. The summed E-state index contributed by atoms with van der Waals surface area (Å²) in [5.41, 5.74) is 0.0549. The Morgan fingerprint density at radius 2 is 1.42 bits per heavy atom. The van der Waals surface area contributed by atoms with Crippen LogP contribution in [0.25, 0.3) is 11.3 Å². The van der Waals surface area contributed by atoms with Crippen LogP contribution in [0.1, 0.15) is 41.5 Å². The van der Waals surface area contributed by atoms with Gasteiger partial charge in [-0.25, -0.2) is 14.6 Å². The smallest absolute Gasteiger partial charge is 0.426 e. The first kappa shape index (κ1) is 19.9. The number of imide groups is 1. The second-order valence-corrected chi connectivity index (χ2v) is 8.51. The Bertz CT molecular complexity index is 745. The maximum Gasteiger partial charge on any atom is 0.426 e. The van der Waals surface area contributed by atoms with Crippen molar-refractivity contribution in [1.29, 1.82) is 0 Å². The number of nitrogens with zero attached hydrogens (tertiary/aromatic N) is 2. The minimum atomic E-state index is -0.819. The highest BCUT2D eigenvalue weighted by Crippen LogP contribution is 2.29. The number of thiazole rings is 1. The second-order valence-electron chi connectivity index (χ2n) is 7.68. The average Bonchev–Trinajstić information content (AvgIpc) is 2.94. The van der Waals surface area contributed by atoms with Crippen molar-refractivity contribution in [2.75, 3.05) is 4.90 Å². The van der Waals surface area contributed by atoms with Crippen LogP contribution < -0.4 is 4.90 Å². The fourth-order valence-corrected chi connectivity index (χ4v) is 2.77. The number of ether oxygens (including phenoxy) is 2. The minimum Gasteiger partial charge on any atom is -0.443 e. The SMILES string of the molecule is CC(C)(C)OC(=O)N(C(=O)OC(C)(C)C)c1nc(-c2ccccc2)cs1. The molecule has 0 aliphatic heterocycles. The molecule has 2 aromatic rings. The fourth-order valence-electron chi connectivity index (χ4n) is 1.95. The maximum absolute atomic E-state index is 12.6. The van der Waals surface area contributed by atoms with Crippen LogP contribution in [0.2, 0.25) is 0 Å². The summed E-state index contributed by atoms with van der Waals surface area (Å²) < 4.78 is 10.7. The molecule has 0 fully saturated rings. The van der Waals surface area contributed by atoms with Crippen molar-refractivity contribution in [3.8, 4) is 11.3 Å². The Kier molecular flexibility index (Phi) is 5.71. The predicted molar refractivity (Wildman–Crippen MR) is 102 cm³/mol. The topological polar surface area (TPSA) is 68.7 Å². The van der Waals surface area contributed by atoms with E-state index in [0.717, 1.165) is 10.5 Å². The van der Waals surface area contributed by atoms with E-state index < -0.39 is 23.4 Å². The Labute approximate surface area is 157 Å². The van der Waals surface area contributed by atoms with Crippen LogP contribution >= 0.6 is 11.3 Å². The Hall–Kier alpha value is -2.41. The van der Waals surface area contributed by atoms with Gasteiger partial charge in [-0.1, -0.05) is 30.3 Å². The molecule has 6 nitrogen and oxygen atoms in total. The molecule has 0 aliphatic carbocycles. The van der Waals surface area contributed by atoms with Gasteiger partial charge in [0, 0.05) is 10.9 Å². The minimum absolute atomic E-state index is 0.201. The van der Waals surface area contributed by atoms with Gasteiger partial charge >= 0.3 is 12.2 Å². The standard InChI is InChI=1S/C19H24N2O4S/c1-18(2,3)24-16(22)21(17(23)25-19(4,5)6)15-20-14(12-26-15)13-10-8-7-9-11-13/h7-12H,1-6H3. The lowest BCUT2D eigenvalue weighted by Crippen LogP contribution is -2.43. The zero-order valence-corrected chi connectivity index (χ0v) is 16.7. The van der Waals surface area contributed by atoms with Crippen LogP contribution in [-0.2, 0) is 9.47 Å². The number of amides is 2. The third-order valence-corrected chi connectivity index (χ3v) is 3.73. The van der Waals surface area contributed by atoms with Gasteiger partial charge in [0.15, 0.2) is 0 Å². The first-order chi connectivity index (χ1) is 12.0. The van der Waals surface area contributed by atoms with Gasteiger partial charge in [-0.05, 0) is 41.5 Å². The number of anilines is 1. The molecule has 7 heteroatoms. The van der Waals surface area contributed by atoms with Gasteiger partial charge in [0.25, 0.3) is 0 Å². The van der Waals surface area contributed by atoms with Crippen LogP contribution in [0.5, 0.6) is 0 Å². The molecule has 1 aromatic carbocycles. The molecule has 2 rings (SSSR count). The summed E-state index contributed by atoms with van der Waals surface area (Å²) in [4.78, 5) is 30.5. The van der Waals surface area contributed by atoms with Gasteiger partial charge in [-0.15, -0.1) is 11.3 Å². The number of benzene rings is 1. The summed E-state index contributed by atoms with van der Waals surface area (Å²) in [7, 11) is 0. The van der Waals surface area contributed by atoms with Crippen LogP contribution in [0.3, 0.4) is 0 Å². The van der Waals surface area contributed by atoms with Crippen molar-refractivity contribution < 1.29 is 19.1 Å². The Balaban J connectivity index is 2.36. The van der Waals surface area contributed by atoms with E-state index in [1.165, 1.54) is 11.3 Å². The molecule has 0 spiro atoms. The molecule has 2 amide bonds. The summed E-state index contributed by atoms with van der Waals surface area (Å²) in [6, 6.07) is 9.51. The van der Waals surface area contributed by atoms with E-state index in [0.29, 0.717) is 5.69 Å². The zero-order chi connectivity index (χ0) is 19.5. The van der Waals surface area contributed by atoms with E-state index in [4.69, 9.17) is 9.47 Å². The molecule has 0 N–H and O–H groups in total. The quantitative estimate of drug-likeness (QED) is 0.693. The molecule has 0 unspecified atom stereocenters. The Morgan fingerprint density at radius 1 is 0.923 bits per heavy atom. The van der Waals surface area contributed by atoms with Crippen molar-refractivity contribution in [3.05, 3.63) is 35.7 Å². The molecule has 0 aliphatic rings. The van der Waals surface area contributed by atoms with Crippen molar-refractivity contribution in [2.45, 2.75) is 52.7 Å². The number of carbonyl (C=O) groups excluding carboxylic acids is 2. The lowest BCUT2D eigenvalue weighted by molar-refractivity contribution is 0.0431. The maximum atomic E-state index is 12.6. The molecular weight excluding hydrogens is 352 g/mol. The monoisotopic (exact) mass is 376 g/mol. The number of aromatic nitrogens is 1. The molecule has 0 saturated carbocycles. The first-order valence-corrected chi connectivity index (χ1v) is 9.11. The van der Waals surface area contributed by atoms with Crippen molar-refractivity contribution in [3.63, 3.8) is 0 Å². The summed E-state index contributed by atoms with van der Waals surface area (Å²) >= 11 is 1.17. The average molecular weight is 376 g/mol. The molecule has 1 heterocycles. The molecule has 1 aromatic heterocycles. The number of hydrogen-bond donors (Lipinski definition) is 0. The van der Waals surface area contributed by atoms with Crippen molar-refractivity contribution in [2.24, 2.45) is 0 Å². The van der Waals surface area contributed by atoms with Gasteiger partial charge in [-0.2, -0.15) is 4.90 Å². The normalized spacial score (nSPS) is 11.8. The second kappa shape index (κ2) is 7.45. The highest BCUT2D eigenvalue weighted by Gasteiger charge is 2.34. The number of hydrogen-bond acceptors (Lipinski definition) is 6. The fraction of sp³-hybridized carbons (Fsp3) is 0.421. The highest BCUT2D eigenvalue weighted by atomic mass is 32.1. The van der Waals surface area contributed by atoms with Crippen LogP contribution in [0.4, 0.5) is 14.7 Å². The third-order valence-electron chi connectivity index (χ3n) is 2.91. The highest BCUT2D eigenvalue weighted by molar-refractivity contribution is 7.14. The summed E-state index contributed by atoms with van der Waals surface area (Å²) in [6.07, 6.45) is -1.64. The summed E-state index contributed by atoms with van der Waals surface area (Å²) in [5, 5.41) is 1.99. The van der Waals surface area contributed by atoms with Crippen molar-refractivity contribution >= 4 is 28.7 Å². The van der Waals surface area contributed by atoms with Crippen molar-refractivity contribution in [1.82, 2.24) is 4.98 Å². The van der Waals surface area contributed by atoms with Gasteiger partial charge in [0.1, 0.15) is 11.2 Å². The third kappa shape index (κ3) is 5.56. The number of carbonyl (C=O) groups is 2. The van der Waals surface area contributed by atoms with Crippen LogP contribution in [0.15, 0.2) is 35.7 Å². The lowest BCUT2D eigenvalue weighted by atomic mass is 10.2. The van der Waals surface area contributed by atoms with Gasteiger partial charge in [0.05, 0.1) is 5.69 Å². The van der Waals surface area contributed by atoms with Crippen LogP contribution in [0, 0.1) is 0 Å². The molecule has 140 valence electrons. The van der Waals surface area contributed by atoms with Gasteiger partial charge in [0.2, 0.25) is 5.13 Å². The summed E-state index contributed by atoms with van der Waals surface area (Å²) in [5.74, 6) is 0. The van der Waals surface area contributed by atoms with Gasteiger partial charge in [-0.3, -0.25) is 0 Å². The molecule has 0 radical (unpaired) electrons. The molecule has 26 heavy (non-hydrogen) atoms. The van der Waals surface area contributed by atoms with E-state index in [1.807, 2.05) is 30.3 Å². The first-order valence-electron chi connectivity index (χ1n) is 8.23. The Morgan fingerprint density at radius 3 is 1.88 bits per heavy atom. The van der Waals surface area contributed by atoms with E-state index in [-0.39, 0.29) is 5.13 Å². The molecule has 0 saturated heterocycles. The molecular formula is C19H24N2O4S. The molecule has 0 atom stereocenters. The van der Waals surface area contributed by atoms with Gasteiger partial charge < -0.3 is 9.47 Å². The largest absolute Gasteiger partial charge is 0.443 e. The molecule has 0 bridgehead atoms. The predicted octanol–water partition coefficient (Wildman–Crippen LogP) is 5.49. The van der Waals surface area contributed by atoms with E-state index in [1.54, 1.807) is 46.9 Å². The van der Waals surface area contributed by atoms with E-state index in [2.05, 4.69) is 4.98 Å². The zero-order valence-electron chi connectivity index (χ0n) is 15.9. The van der Waals surface area contributed by atoms with E-state index >= 15 is 0 Å². The summed E-state index contributed by atoms with van der Waals surface area (Å²) in [6.45, 7) is 10.4. The van der Waals surface area contributed by atoms with E-state index in [9.17, 15) is 9.59 Å². The lowest BCUT2D eigenvalue weighted by Gasteiger charge is -2.27.